The number of benzene rings is 2. The molecule has 1 aromatic heterocycles. The van der Waals surface area contributed by atoms with Crippen molar-refractivity contribution in [2.24, 2.45) is 0 Å². The molecule has 0 atom stereocenters. The Morgan fingerprint density at radius 3 is 2.57 bits per heavy atom. The number of aromatic amines is 1. The second kappa shape index (κ2) is 8.77. The molecule has 3 aromatic rings. The predicted octanol–water partition coefficient (Wildman–Crippen LogP) is 3.62. The van der Waals surface area contributed by atoms with Crippen molar-refractivity contribution >= 4 is 29.0 Å². The highest BCUT2D eigenvalue weighted by Gasteiger charge is 2.16. The summed E-state index contributed by atoms with van der Waals surface area (Å²) in [7, 11) is 2.80. The van der Waals surface area contributed by atoms with Crippen LogP contribution in [0.5, 0.6) is 5.75 Å². The molecule has 0 bridgehead atoms. The molecule has 1 heterocycles. The fourth-order valence-electron chi connectivity index (χ4n) is 2.74. The first-order valence-corrected chi connectivity index (χ1v) is 8.54. The van der Waals surface area contributed by atoms with Crippen LogP contribution in [0, 0.1) is 0 Å². The van der Waals surface area contributed by atoms with E-state index in [1.807, 2.05) is 48.5 Å². The number of alkyl carbamates (subject to hydrolysis) is 1. The van der Waals surface area contributed by atoms with E-state index in [4.69, 9.17) is 14.2 Å². The minimum Gasteiger partial charge on any atom is -0.496 e. The quantitative estimate of drug-likeness (QED) is 0.504. The molecule has 1 amide bonds. The van der Waals surface area contributed by atoms with Gasteiger partial charge in [0.15, 0.2) is 0 Å². The number of rotatable bonds is 6. The Bertz CT molecular complexity index is 1010. The number of amides is 1. The molecule has 2 aromatic carbocycles. The van der Waals surface area contributed by atoms with Gasteiger partial charge in [-0.25, -0.2) is 9.59 Å². The van der Waals surface area contributed by atoms with Crippen LogP contribution in [0.25, 0.3) is 17.0 Å². The zero-order valence-corrected chi connectivity index (χ0v) is 15.5. The summed E-state index contributed by atoms with van der Waals surface area (Å²) in [4.78, 5) is 27.4. The summed E-state index contributed by atoms with van der Waals surface area (Å²) >= 11 is 0. The number of aromatic nitrogens is 1. The van der Waals surface area contributed by atoms with E-state index in [9.17, 15) is 9.59 Å². The molecular weight excluding hydrogens is 360 g/mol. The number of hydrogen-bond donors (Lipinski definition) is 2. The normalized spacial score (nSPS) is 11.1. The zero-order valence-electron chi connectivity index (χ0n) is 15.5. The van der Waals surface area contributed by atoms with Gasteiger partial charge in [-0.3, -0.25) is 5.32 Å². The van der Waals surface area contributed by atoms with E-state index in [-0.39, 0.29) is 12.3 Å². The summed E-state index contributed by atoms with van der Waals surface area (Å²) in [5.41, 5.74) is 2.28. The minimum atomic E-state index is -0.757. The Balaban J connectivity index is 1.82. The third-order valence-corrected chi connectivity index (χ3v) is 4.07. The van der Waals surface area contributed by atoms with E-state index in [2.05, 4.69) is 10.3 Å². The highest BCUT2D eigenvalue weighted by atomic mass is 16.6. The number of methoxy groups -OCH3 is 2. The van der Waals surface area contributed by atoms with Crippen molar-refractivity contribution in [1.82, 2.24) is 10.3 Å². The molecule has 0 aliphatic carbocycles. The molecule has 0 unspecified atom stereocenters. The molecule has 0 spiro atoms. The molecule has 7 heteroatoms. The Morgan fingerprint density at radius 2 is 1.86 bits per heavy atom. The molecule has 144 valence electrons. The van der Waals surface area contributed by atoms with E-state index >= 15 is 0 Å². The second-order valence-corrected chi connectivity index (χ2v) is 5.86. The van der Waals surface area contributed by atoms with E-state index in [1.54, 1.807) is 13.3 Å². The third kappa shape index (κ3) is 4.32. The maximum Gasteiger partial charge on any atom is 0.412 e. The third-order valence-electron chi connectivity index (χ3n) is 4.07. The van der Waals surface area contributed by atoms with Crippen LogP contribution in [-0.4, -0.2) is 31.3 Å². The van der Waals surface area contributed by atoms with Crippen LogP contribution >= 0.6 is 0 Å². The molecule has 0 aliphatic rings. The molecule has 2 N–H and O–H groups in total. The molecule has 3 rings (SSSR count). The average Bonchev–Trinajstić information content (AvgIpc) is 3.15. The Hall–Kier alpha value is -3.74. The Kier molecular flexibility index (Phi) is 5.96. The fraction of sp³-hybridized carbons (Fsp3) is 0.143. The molecular formula is C21H20N2O5. The van der Waals surface area contributed by atoms with Crippen molar-refractivity contribution in [3.63, 3.8) is 0 Å². The van der Waals surface area contributed by atoms with Gasteiger partial charge in [0.2, 0.25) is 0 Å². The molecule has 0 radical (unpaired) electrons. The van der Waals surface area contributed by atoms with Gasteiger partial charge in [0.05, 0.1) is 14.2 Å². The molecule has 0 saturated heterocycles. The largest absolute Gasteiger partial charge is 0.496 e. The highest BCUT2D eigenvalue weighted by Crippen LogP contribution is 2.29. The van der Waals surface area contributed by atoms with Crippen LogP contribution in [0.4, 0.5) is 4.79 Å². The molecule has 28 heavy (non-hydrogen) atoms. The number of esters is 1. The van der Waals surface area contributed by atoms with E-state index in [0.29, 0.717) is 11.3 Å². The number of nitrogens with one attached hydrogen (secondary N) is 2. The van der Waals surface area contributed by atoms with E-state index in [1.165, 1.54) is 13.2 Å². The van der Waals surface area contributed by atoms with Gasteiger partial charge >= 0.3 is 12.1 Å². The van der Waals surface area contributed by atoms with Crippen LogP contribution in [-0.2, 0) is 20.9 Å². The highest BCUT2D eigenvalue weighted by molar-refractivity contribution is 6.01. The second-order valence-electron chi connectivity index (χ2n) is 5.86. The van der Waals surface area contributed by atoms with Crippen LogP contribution in [0.15, 0.2) is 60.4 Å². The summed E-state index contributed by atoms with van der Waals surface area (Å²) in [6, 6.07) is 14.8. The van der Waals surface area contributed by atoms with Gasteiger partial charge in [0, 0.05) is 22.7 Å². The van der Waals surface area contributed by atoms with E-state index in [0.717, 1.165) is 16.5 Å². The average molecular weight is 380 g/mol. The minimum absolute atomic E-state index is 0.0487. The van der Waals surface area contributed by atoms with E-state index < -0.39 is 12.1 Å². The summed E-state index contributed by atoms with van der Waals surface area (Å²) in [6.45, 7) is 0.0854. The fourth-order valence-corrected chi connectivity index (χ4v) is 2.74. The topological polar surface area (TPSA) is 89.7 Å². The number of fused-ring (bicyclic) bond motifs is 1. The maximum atomic E-state index is 12.1. The van der Waals surface area contributed by atoms with Gasteiger partial charge in [-0.15, -0.1) is 0 Å². The lowest BCUT2D eigenvalue weighted by Gasteiger charge is -2.09. The standard InChI is InChI=1S/C21H20N2O5/c1-26-18-10-6-9-16-19(18)15(12-22-16)11-17(20(24)27-2)23-21(25)28-13-14-7-4-3-5-8-14/h3-12,22H,13H2,1-2H3,(H,23,25)/b17-11+. The number of carbonyl (C=O) groups excluding carboxylic acids is 2. The van der Waals surface area contributed by atoms with Gasteiger partial charge in [-0.1, -0.05) is 36.4 Å². The smallest absolute Gasteiger partial charge is 0.412 e. The first kappa shape index (κ1) is 19.0. The van der Waals surface area contributed by atoms with Crippen molar-refractivity contribution in [2.75, 3.05) is 14.2 Å². The van der Waals surface area contributed by atoms with Crippen LogP contribution < -0.4 is 10.1 Å². The monoisotopic (exact) mass is 380 g/mol. The lowest BCUT2D eigenvalue weighted by molar-refractivity contribution is -0.136. The van der Waals surface area contributed by atoms with Gasteiger partial charge in [-0.05, 0) is 23.8 Å². The summed E-state index contributed by atoms with van der Waals surface area (Å²) in [5.74, 6) is -0.0539. The Labute approximate surface area is 161 Å². The number of ether oxygens (including phenoxy) is 3. The van der Waals surface area contributed by atoms with Gasteiger partial charge < -0.3 is 19.2 Å². The predicted molar refractivity (Wildman–Crippen MR) is 105 cm³/mol. The lowest BCUT2D eigenvalue weighted by atomic mass is 10.1. The maximum absolute atomic E-state index is 12.1. The van der Waals surface area contributed by atoms with Crippen molar-refractivity contribution < 1.29 is 23.8 Å². The van der Waals surface area contributed by atoms with Gasteiger partial charge in [0.25, 0.3) is 0 Å². The first-order chi connectivity index (χ1) is 13.6. The van der Waals surface area contributed by atoms with Gasteiger partial charge in [-0.2, -0.15) is 0 Å². The van der Waals surface area contributed by atoms with Crippen LogP contribution in [0.2, 0.25) is 0 Å². The van der Waals surface area contributed by atoms with Crippen molar-refractivity contribution in [2.45, 2.75) is 6.61 Å². The van der Waals surface area contributed by atoms with Gasteiger partial charge in [0.1, 0.15) is 18.1 Å². The SMILES string of the molecule is COC(=O)/C(=C\c1c[nH]c2cccc(OC)c12)NC(=O)OCc1ccccc1. The number of H-pyrrole nitrogens is 1. The summed E-state index contributed by atoms with van der Waals surface area (Å²) < 4.78 is 15.3. The van der Waals surface area contributed by atoms with Crippen molar-refractivity contribution in [3.05, 3.63) is 71.6 Å². The molecule has 0 fully saturated rings. The lowest BCUT2D eigenvalue weighted by Crippen LogP contribution is -2.28. The zero-order chi connectivity index (χ0) is 19.9. The molecule has 7 nitrogen and oxygen atoms in total. The van der Waals surface area contributed by atoms with Crippen LogP contribution in [0.3, 0.4) is 0 Å². The van der Waals surface area contributed by atoms with Crippen molar-refractivity contribution in [3.8, 4) is 5.75 Å². The molecule has 0 aliphatic heterocycles. The Morgan fingerprint density at radius 1 is 1.07 bits per heavy atom. The summed E-state index contributed by atoms with van der Waals surface area (Å²) in [6.07, 6.45) is 2.47. The van der Waals surface area contributed by atoms with Crippen LogP contribution in [0.1, 0.15) is 11.1 Å². The first-order valence-electron chi connectivity index (χ1n) is 8.54. The number of carbonyl (C=O) groups is 2. The summed E-state index contributed by atoms with van der Waals surface area (Å²) in [5, 5.41) is 3.23. The molecule has 0 saturated carbocycles. The van der Waals surface area contributed by atoms with Crippen molar-refractivity contribution in [1.29, 1.82) is 0 Å². The number of hydrogen-bond acceptors (Lipinski definition) is 5.